The van der Waals surface area contributed by atoms with Crippen molar-refractivity contribution in [1.29, 1.82) is 0 Å². The van der Waals surface area contributed by atoms with E-state index in [1.54, 1.807) is 6.07 Å². The summed E-state index contributed by atoms with van der Waals surface area (Å²) in [7, 11) is 0. The van der Waals surface area contributed by atoms with E-state index in [-0.39, 0.29) is 5.91 Å². The highest BCUT2D eigenvalue weighted by atomic mass is 35.5. The van der Waals surface area contributed by atoms with Crippen molar-refractivity contribution in [2.24, 2.45) is 5.92 Å². The summed E-state index contributed by atoms with van der Waals surface area (Å²) in [4.78, 5) is 26.3. The van der Waals surface area contributed by atoms with Gasteiger partial charge in [-0.15, -0.1) is 0 Å². The highest BCUT2D eigenvalue weighted by molar-refractivity contribution is 6.33. The Labute approximate surface area is 126 Å². The summed E-state index contributed by atoms with van der Waals surface area (Å²) in [6, 6.07) is 4.20. The third kappa shape index (κ3) is 3.44. The van der Waals surface area contributed by atoms with E-state index in [2.05, 4.69) is 0 Å². The van der Waals surface area contributed by atoms with Gasteiger partial charge < -0.3 is 14.9 Å². The van der Waals surface area contributed by atoms with Gasteiger partial charge in [-0.1, -0.05) is 11.6 Å². The first-order valence-corrected chi connectivity index (χ1v) is 6.99. The fourth-order valence-electron chi connectivity index (χ4n) is 2.28. The van der Waals surface area contributed by atoms with Crippen LogP contribution < -0.4 is 4.90 Å². The molecule has 5 nitrogen and oxygen atoms in total. The normalized spacial score (nSPS) is 16.7. The summed E-state index contributed by atoms with van der Waals surface area (Å²) in [6.45, 7) is 3.29. The lowest BCUT2D eigenvalue weighted by atomic mass is 10.1. The minimum absolute atomic E-state index is 0.327. The summed E-state index contributed by atoms with van der Waals surface area (Å²) in [5.41, 5.74) is 0.719. The second-order valence-electron chi connectivity index (χ2n) is 4.97. The number of anilines is 1. The van der Waals surface area contributed by atoms with Gasteiger partial charge in [0.1, 0.15) is 11.7 Å². The maximum atomic E-state index is 13.0. The number of piperazine rings is 1. The van der Waals surface area contributed by atoms with Crippen LogP contribution in [0, 0.1) is 11.7 Å². The van der Waals surface area contributed by atoms with Gasteiger partial charge in [0.25, 0.3) is 0 Å². The van der Waals surface area contributed by atoms with Crippen molar-refractivity contribution in [2.75, 3.05) is 31.1 Å². The molecule has 0 spiro atoms. The van der Waals surface area contributed by atoms with Crippen molar-refractivity contribution in [3.63, 3.8) is 0 Å². The lowest BCUT2D eigenvalue weighted by Gasteiger charge is -2.37. The molecule has 1 aliphatic heterocycles. The van der Waals surface area contributed by atoms with E-state index >= 15 is 0 Å². The molecular formula is C14H16ClFN2O3. The lowest BCUT2D eigenvalue weighted by Crippen LogP contribution is -2.51. The number of hydrogen-bond donors (Lipinski definition) is 1. The summed E-state index contributed by atoms with van der Waals surface area (Å²) in [5.74, 6) is -2.94. The third-order valence-electron chi connectivity index (χ3n) is 3.58. The van der Waals surface area contributed by atoms with Crippen molar-refractivity contribution in [3.8, 4) is 0 Å². The molecule has 1 aromatic rings. The van der Waals surface area contributed by atoms with E-state index in [9.17, 15) is 14.0 Å². The number of aliphatic carboxylic acids is 1. The van der Waals surface area contributed by atoms with Crippen molar-refractivity contribution in [3.05, 3.63) is 29.0 Å². The second-order valence-corrected chi connectivity index (χ2v) is 5.38. The number of carboxylic acids is 1. The first-order valence-electron chi connectivity index (χ1n) is 6.61. The minimum Gasteiger partial charge on any atom is -0.481 e. The molecule has 1 amide bonds. The van der Waals surface area contributed by atoms with Crippen LogP contribution >= 0.6 is 11.6 Å². The van der Waals surface area contributed by atoms with Crippen molar-refractivity contribution >= 4 is 29.2 Å². The Hall–Kier alpha value is -1.82. The minimum atomic E-state index is -1.12. The van der Waals surface area contributed by atoms with Gasteiger partial charge in [-0.3, -0.25) is 9.59 Å². The Balaban J connectivity index is 2.00. The Kier molecular flexibility index (Phi) is 4.67. The van der Waals surface area contributed by atoms with Crippen molar-refractivity contribution in [2.45, 2.75) is 6.92 Å². The molecule has 21 heavy (non-hydrogen) atoms. The average molecular weight is 315 g/mol. The molecule has 0 aromatic heterocycles. The van der Waals surface area contributed by atoms with Crippen LogP contribution in [-0.2, 0) is 9.59 Å². The van der Waals surface area contributed by atoms with Gasteiger partial charge in [-0.25, -0.2) is 4.39 Å². The summed E-state index contributed by atoms with van der Waals surface area (Å²) in [6.07, 6.45) is 0. The summed E-state index contributed by atoms with van der Waals surface area (Å²) < 4.78 is 13.0. The highest BCUT2D eigenvalue weighted by Crippen LogP contribution is 2.27. The van der Waals surface area contributed by atoms with Crippen LogP contribution in [0.25, 0.3) is 0 Å². The van der Waals surface area contributed by atoms with E-state index in [4.69, 9.17) is 16.7 Å². The molecule has 1 N–H and O–H groups in total. The predicted molar refractivity (Wildman–Crippen MR) is 77.0 cm³/mol. The number of rotatable bonds is 3. The number of carbonyl (C=O) groups excluding carboxylic acids is 1. The Morgan fingerprint density at radius 3 is 2.43 bits per heavy atom. The molecule has 0 bridgehead atoms. The molecule has 2 rings (SSSR count). The van der Waals surface area contributed by atoms with Gasteiger partial charge in [0.15, 0.2) is 0 Å². The Morgan fingerprint density at radius 1 is 1.29 bits per heavy atom. The van der Waals surface area contributed by atoms with Crippen LogP contribution in [0.5, 0.6) is 0 Å². The predicted octanol–water partition coefficient (Wildman–Crippen LogP) is 1.85. The molecule has 1 heterocycles. The van der Waals surface area contributed by atoms with E-state index in [0.29, 0.717) is 31.2 Å². The number of carbonyl (C=O) groups is 2. The zero-order chi connectivity index (χ0) is 15.6. The Bertz CT molecular complexity index is 559. The van der Waals surface area contributed by atoms with E-state index in [1.807, 2.05) is 4.90 Å². The van der Waals surface area contributed by atoms with Crippen molar-refractivity contribution < 1.29 is 19.1 Å². The van der Waals surface area contributed by atoms with E-state index in [0.717, 1.165) is 5.69 Å². The standard InChI is InChI=1S/C14H16ClFN2O3/c1-9(14(20)21)13(19)18-6-4-17(5-7-18)12-3-2-10(16)8-11(12)15/h2-3,8-9H,4-7H2,1H3,(H,20,21). The van der Waals surface area contributed by atoms with Gasteiger partial charge in [0, 0.05) is 26.2 Å². The van der Waals surface area contributed by atoms with Gasteiger partial charge >= 0.3 is 5.97 Å². The largest absolute Gasteiger partial charge is 0.481 e. The zero-order valence-corrected chi connectivity index (χ0v) is 12.3. The van der Waals surface area contributed by atoms with Crippen LogP contribution in [-0.4, -0.2) is 48.1 Å². The fourth-order valence-corrected chi connectivity index (χ4v) is 2.57. The van der Waals surface area contributed by atoms with Crippen molar-refractivity contribution in [1.82, 2.24) is 4.90 Å². The van der Waals surface area contributed by atoms with Gasteiger partial charge in [0.2, 0.25) is 5.91 Å². The Morgan fingerprint density at radius 2 is 1.90 bits per heavy atom. The number of hydrogen-bond acceptors (Lipinski definition) is 3. The SMILES string of the molecule is CC(C(=O)O)C(=O)N1CCN(c2ccc(F)cc2Cl)CC1. The number of amides is 1. The third-order valence-corrected chi connectivity index (χ3v) is 3.89. The van der Waals surface area contributed by atoms with E-state index in [1.165, 1.54) is 24.0 Å². The monoisotopic (exact) mass is 314 g/mol. The van der Waals surface area contributed by atoms with Crippen LogP contribution in [0.3, 0.4) is 0 Å². The maximum Gasteiger partial charge on any atom is 0.315 e. The van der Waals surface area contributed by atoms with Crippen LogP contribution in [0.2, 0.25) is 5.02 Å². The number of carboxylic acid groups (broad SMARTS) is 1. The quantitative estimate of drug-likeness (QED) is 0.865. The molecule has 1 aromatic carbocycles. The van der Waals surface area contributed by atoms with E-state index < -0.39 is 17.7 Å². The number of nitrogens with zero attached hydrogens (tertiary/aromatic N) is 2. The summed E-state index contributed by atoms with van der Waals surface area (Å²) in [5, 5.41) is 9.19. The van der Waals surface area contributed by atoms with Crippen LogP contribution in [0.4, 0.5) is 10.1 Å². The van der Waals surface area contributed by atoms with Crippen LogP contribution in [0.15, 0.2) is 18.2 Å². The molecule has 1 atom stereocenters. The molecule has 0 aliphatic carbocycles. The zero-order valence-electron chi connectivity index (χ0n) is 11.6. The number of halogens is 2. The molecular weight excluding hydrogens is 299 g/mol. The smallest absolute Gasteiger partial charge is 0.315 e. The van der Waals surface area contributed by atoms with Gasteiger partial charge in [-0.05, 0) is 25.1 Å². The molecule has 1 unspecified atom stereocenters. The second kappa shape index (κ2) is 6.30. The van der Waals surface area contributed by atoms with Gasteiger partial charge in [0.05, 0.1) is 10.7 Å². The molecule has 7 heteroatoms. The number of benzene rings is 1. The highest BCUT2D eigenvalue weighted by Gasteiger charge is 2.29. The molecule has 1 aliphatic rings. The fraction of sp³-hybridized carbons (Fsp3) is 0.429. The van der Waals surface area contributed by atoms with Gasteiger partial charge in [-0.2, -0.15) is 0 Å². The molecule has 1 fully saturated rings. The molecule has 0 radical (unpaired) electrons. The molecule has 114 valence electrons. The lowest BCUT2D eigenvalue weighted by molar-refractivity contribution is -0.150. The topological polar surface area (TPSA) is 60.9 Å². The maximum absolute atomic E-state index is 13.0. The molecule has 1 saturated heterocycles. The first kappa shape index (κ1) is 15.6. The summed E-state index contributed by atoms with van der Waals surface area (Å²) >= 11 is 6.01. The molecule has 0 saturated carbocycles. The van der Waals surface area contributed by atoms with Crippen LogP contribution in [0.1, 0.15) is 6.92 Å². The average Bonchev–Trinajstić information content (AvgIpc) is 2.46. The first-order chi connectivity index (χ1) is 9.90.